The monoisotopic (exact) mass is 169 g/mol. The van der Waals surface area contributed by atoms with E-state index in [0.717, 1.165) is 5.56 Å². The van der Waals surface area contributed by atoms with Crippen molar-refractivity contribution in [1.29, 1.82) is 0 Å². The summed E-state index contributed by atoms with van der Waals surface area (Å²) in [6, 6.07) is 1.77. The predicted octanol–water partition coefficient (Wildman–Crippen LogP) is 0.481. The van der Waals surface area contributed by atoms with E-state index in [1.165, 1.54) is 4.63 Å². The number of fused-ring (bicyclic) bond motifs is 1. The summed E-state index contributed by atoms with van der Waals surface area (Å²) in [6.45, 7) is 1.85. The molecule has 2 rings (SSSR count). The highest BCUT2D eigenvalue weighted by Crippen LogP contribution is 2.10. The van der Waals surface area contributed by atoms with Crippen molar-refractivity contribution in [3.05, 3.63) is 16.8 Å². The zero-order chi connectivity index (χ0) is 7.84. The van der Waals surface area contributed by atoms with Crippen molar-refractivity contribution in [3.8, 4) is 0 Å². The molecule has 0 aliphatic heterocycles. The molecule has 2 aromatic heterocycles. The molecule has 0 saturated carbocycles. The standard InChI is InChI=1S/C5H4ClN5/c1-3-2-4-7-9-10-11(4)8-5(3)6/h2H,1H3. The Kier molecular flexibility index (Phi) is 1.25. The van der Waals surface area contributed by atoms with Gasteiger partial charge in [0.25, 0.3) is 0 Å². The summed E-state index contributed by atoms with van der Waals surface area (Å²) >= 11 is 5.72. The summed E-state index contributed by atoms with van der Waals surface area (Å²) in [5, 5.41) is 15.0. The van der Waals surface area contributed by atoms with E-state index in [9.17, 15) is 0 Å². The van der Waals surface area contributed by atoms with Crippen LogP contribution in [0.25, 0.3) is 5.65 Å². The average Bonchev–Trinajstić information content (AvgIpc) is 2.36. The Morgan fingerprint density at radius 2 is 2.36 bits per heavy atom. The van der Waals surface area contributed by atoms with E-state index in [-0.39, 0.29) is 0 Å². The minimum absolute atomic E-state index is 0.421. The van der Waals surface area contributed by atoms with Crippen molar-refractivity contribution >= 4 is 17.2 Å². The molecule has 0 fully saturated rings. The fraction of sp³-hybridized carbons (Fsp3) is 0.200. The van der Waals surface area contributed by atoms with Crippen molar-refractivity contribution in [2.45, 2.75) is 6.92 Å². The molecule has 0 saturated heterocycles. The molecule has 6 heteroatoms. The first kappa shape index (κ1) is 6.48. The smallest absolute Gasteiger partial charge is 0.135 e. The Morgan fingerprint density at radius 3 is 3.18 bits per heavy atom. The number of aromatic nitrogens is 5. The van der Waals surface area contributed by atoms with Gasteiger partial charge in [-0.3, -0.25) is 0 Å². The van der Waals surface area contributed by atoms with Crippen molar-refractivity contribution in [1.82, 2.24) is 25.3 Å². The topological polar surface area (TPSA) is 56.0 Å². The molecule has 0 aromatic carbocycles. The molecule has 0 spiro atoms. The lowest BCUT2D eigenvalue weighted by atomic mass is 10.3. The van der Waals surface area contributed by atoms with Gasteiger partial charge in [-0.2, -0.15) is 0 Å². The molecular weight excluding hydrogens is 166 g/mol. The molecule has 0 unspecified atom stereocenters. The van der Waals surface area contributed by atoms with E-state index in [1.807, 2.05) is 6.92 Å². The molecule has 11 heavy (non-hydrogen) atoms. The molecule has 56 valence electrons. The Balaban J connectivity index is 2.86. The van der Waals surface area contributed by atoms with Gasteiger partial charge >= 0.3 is 0 Å². The third kappa shape index (κ3) is 0.932. The second-order valence-electron chi connectivity index (χ2n) is 2.14. The molecule has 0 radical (unpaired) electrons. The zero-order valence-electron chi connectivity index (χ0n) is 5.69. The van der Waals surface area contributed by atoms with Crippen molar-refractivity contribution in [3.63, 3.8) is 0 Å². The number of rotatable bonds is 0. The first-order valence-electron chi connectivity index (χ1n) is 2.99. The number of hydrogen-bond donors (Lipinski definition) is 0. The lowest BCUT2D eigenvalue weighted by Gasteiger charge is -1.93. The summed E-state index contributed by atoms with van der Waals surface area (Å²) in [5.41, 5.74) is 1.47. The van der Waals surface area contributed by atoms with E-state index in [4.69, 9.17) is 11.6 Å². The molecule has 0 aliphatic carbocycles. The summed E-state index contributed by atoms with van der Waals surface area (Å²) in [6.07, 6.45) is 0. The summed E-state index contributed by atoms with van der Waals surface area (Å²) in [4.78, 5) is 0. The van der Waals surface area contributed by atoms with Crippen LogP contribution in [0.3, 0.4) is 0 Å². The number of hydrogen-bond acceptors (Lipinski definition) is 4. The minimum atomic E-state index is 0.421. The van der Waals surface area contributed by atoms with Crippen LogP contribution >= 0.6 is 11.6 Å². The molecule has 2 aromatic rings. The summed E-state index contributed by atoms with van der Waals surface area (Å²) in [7, 11) is 0. The first-order valence-corrected chi connectivity index (χ1v) is 3.37. The largest absolute Gasteiger partial charge is 0.200 e. The Hall–Kier alpha value is -1.23. The van der Waals surface area contributed by atoms with Gasteiger partial charge in [-0.1, -0.05) is 11.6 Å². The third-order valence-electron chi connectivity index (χ3n) is 1.33. The van der Waals surface area contributed by atoms with Crippen molar-refractivity contribution in [2.24, 2.45) is 0 Å². The minimum Gasteiger partial charge on any atom is -0.135 e. The van der Waals surface area contributed by atoms with Crippen LogP contribution in [-0.4, -0.2) is 25.3 Å². The molecular formula is C5H4ClN5. The fourth-order valence-corrected chi connectivity index (χ4v) is 0.889. The molecule has 2 heterocycles. The Morgan fingerprint density at radius 1 is 1.55 bits per heavy atom. The highest BCUT2D eigenvalue weighted by molar-refractivity contribution is 6.30. The van der Waals surface area contributed by atoms with Gasteiger partial charge in [-0.15, -0.1) is 14.8 Å². The summed E-state index contributed by atoms with van der Waals surface area (Å²) in [5.74, 6) is 0. The SMILES string of the molecule is Cc1cc2nnnn2nc1Cl. The zero-order valence-corrected chi connectivity index (χ0v) is 6.45. The average molecular weight is 170 g/mol. The maximum absolute atomic E-state index is 5.72. The normalized spacial score (nSPS) is 10.7. The Bertz CT molecular complexity index is 359. The lowest BCUT2D eigenvalue weighted by Crippen LogP contribution is -1.95. The van der Waals surface area contributed by atoms with E-state index in [2.05, 4.69) is 20.6 Å². The molecule has 0 aliphatic rings. The Labute approximate surface area is 67.0 Å². The third-order valence-corrected chi connectivity index (χ3v) is 1.70. The second kappa shape index (κ2) is 2.13. The van der Waals surface area contributed by atoms with E-state index in [1.54, 1.807) is 6.07 Å². The van der Waals surface area contributed by atoms with Gasteiger partial charge in [0, 0.05) is 0 Å². The van der Waals surface area contributed by atoms with Gasteiger partial charge in [-0.25, -0.2) is 0 Å². The quantitative estimate of drug-likeness (QED) is 0.576. The number of nitrogens with zero attached hydrogens (tertiary/aromatic N) is 5. The molecule has 0 N–H and O–H groups in total. The van der Waals surface area contributed by atoms with E-state index >= 15 is 0 Å². The van der Waals surface area contributed by atoms with E-state index in [0.29, 0.717) is 10.8 Å². The van der Waals surface area contributed by atoms with Crippen molar-refractivity contribution < 1.29 is 0 Å². The molecule has 5 nitrogen and oxygen atoms in total. The number of aryl methyl sites for hydroxylation is 1. The van der Waals surface area contributed by atoms with Crippen LogP contribution in [0.5, 0.6) is 0 Å². The van der Waals surface area contributed by atoms with Crippen LogP contribution in [0.4, 0.5) is 0 Å². The van der Waals surface area contributed by atoms with Gasteiger partial charge in [0.2, 0.25) is 0 Å². The number of tetrazole rings is 1. The maximum Gasteiger partial charge on any atom is 0.200 e. The van der Waals surface area contributed by atoms with Crippen LogP contribution in [-0.2, 0) is 0 Å². The second-order valence-corrected chi connectivity index (χ2v) is 2.50. The fourth-order valence-electron chi connectivity index (χ4n) is 0.763. The van der Waals surface area contributed by atoms with Crippen molar-refractivity contribution in [2.75, 3.05) is 0 Å². The molecule has 0 bridgehead atoms. The highest BCUT2D eigenvalue weighted by atomic mass is 35.5. The van der Waals surface area contributed by atoms with Gasteiger partial charge in [0.1, 0.15) is 0 Å². The lowest BCUT2D eigenvalue weighted by molar-refractivity contribution is 0.731. The van der Waals surface area contributed by atoms with Crippen LogP contribution in [0.2, 0.25) is 5.15 Å². The molecule has 0 amide bonds. The summed E-state index contributed by atoms with van der Waals surface area (Å²) < 4.78 is 1.29. The van der Waals surface area contributed by atoms with Gasteiger partial charge in [-0.05, 0) is 29.0 Å². The highest BCUT2D eigenvalue weighted by Gasteiger charge is 2.01. The van der Waals surface area contributed by atoms with Crippen LogP contribution in [0, 0.1) is 6.92 Å². The van der Waals surface area contributed by atoms with Gasteiger partial charge in [0.15, 0.2) is 10.8 Å². The van der Waals surface area contributed by atoms with Gasteiger partial charge in [0.05, 0.1) is 0 Å². The predicted molar refractivity (Wildman–Crippen MR) is 38.3 cm³/mol. The van der Waals surface area contributed by atoms with Crippen LogP contribution in [0.1, 0.15) is 5.56 Å². The van der Waals surface area contributed by atoms with Crippen LogP contribution in [0.15, 0.2) is 6.07 Å². The van der Waals surface area contributed by atoms with Gasteiger partial charge < -0.3 is 0 Å². The van der Waals surface area contributed by atoms with Crippen LogP contribution < -0.4 is 0 Å². The first-order chi connectivity index (χ1) is 5.27. The van der Waals surface area contributed by atoms with E-state index < -0.39 is 0 Å². The number of halogens is 1. The maximum atomic E-state index is 5.72. The molecule has 0 atom stereocenters.